The van der Waals surface area contributed by atoms with Gasteiger partial charge in [-0.1, -0.05) is 43.3 Å². The topological polar surface area (TPSA) is 58.6 Å². The smallest absolute Gasteiger partial charge is 0.265 e. The molecule has 2 aromatic carbocycles. The molecule has 0 fully saturated rings. The molecule has 0 spiro atoms. The summed E-state index contributed by atoms with van der Waals surface area (Å²) in [6, 6.07) is 13.3. The Kier molecular flexibility index (Phi) is 7.39. The Bertz CT molecular complexity index is 945. The fourth-order valence-electron chi connectivity index (χ4n) is 2.95. The van der Waals surface area contributed by atoms with E-state index in [-0.39, 0.29) is 18.4 Å². The van der Waals surface area contributed by atoms with Crippen molar-refractivity contribution < 1.29 is 14.3 Å². The van der Waals surface area contributed by atoms with E-state index in [1.165, 1.54) is 11.8 Å². The molecule has 1 aliphatic heterocycles. The molecule has 0 aromatic heterocycles. The maximum Gasteiger partial charge on any atom is 0.265 e. The number of hydrogen-bond acceptors (Lipinski definition) is 4. The van der Waals surface area contributed by atoms with Crippen molar-refractivity contribution in [1.82, 2.24) is 5.32 Å². The van der Waals surface area contributed by atoms with Crippen LogP contribution in [0.2, 0.25) is 0 Å². The number of nitrogens with one attached hydrogen (secondary N) is 1. The summed E-state index contributed by atoms with van der Waals surface area (Å²) in [4.78, 5) is 28.6. The number of benzene rings is 2. The van der Waals surface area contributed by atoms with Crippen LogP contribution in [0.3, 0.4) is 0 Å². The van der Waals surface area contributed by atoms with E-state index in [9.17, 15) is 9.59 Å². The lowest BCUT2D eigenvalue weighted by Gasteiger charge is -2.29. The average molecular weight is 475 g/mol. The fourth-order valence-corrected chi connectivity index (χ4v) is 4.56. The van der Waals surface area contributed by atoms with Crippen LogP contribution in [-0.2, 0) is 9.59 Å². The Balaban J connectivity index is 1.88. The van der Waals surface area contributed by atoms with E-state index in [0.29, 0.717) is 11.4 Å². The quantitative estimate of drug-likeness (QED) is 0.460. The first kappa shape index (κ1) is 21.5. The van der Waals surface area contributed by atoms with Gasteiger partial charge in [0, 0.05) is 11.4 Å². The summed E-state index contributed by atoms with van der Waals surface area (Å²) in [5.74, 6) is 0.400. The lowest BCUT2D eigenvalue weighted by Crippen LogP contribution is -2.42. The summed E-state index contributed by atoms with van der Waals surface area (Å²) in [6.45, 7) is 2.70. The van der Waals surface area contributed by atoms with E-state index < -0.39 is 0 Å². The second kappa shape index (κ2) is 9.98. The van der Waals surface area contributed by atoms with Crippen LogP contribution in [0.25, 0.3) is 6.08 Å². The molecule has 29 heavy (non-hydrogen) atoms. The third-order valence-corrected chi connectivity index (χ3v) is 6.16. The summed E-state index contributed by atoms with van der Waals surface area (Å²) < 4.78 is 6.08. The number of rotatable bonds is 7. The van der Waals surface area contributed by atoms with Crippen molar-refractivity contribution in [2.75, 3.05) is 25.1 Å². The number of anilines is 1. The average Bonchev–Trinajstić information content (AvgIpc) is 2.71. The summed E-state index contributed by atoms with van der Waals surface area (Å²) in [6.07, 6.45) is 3.77. The minimum atomic E-state index is -0.175. The molecule has 2 amide bonds. The third-order valence-electron chi connectivity index (χ3n) is 4.46. The number of carbonyl (C=O) groups excluding carboxylic acids is 2. The lowest BCUT2D eigenvalue weighted by atomic mass is 10.2. The van der Waals surface area contributed by atoms with Gasteiger partial charge in [0.15, 0.2) is 0 Å². The second-order valence-electron chi connectivity index (χ2n) is 6.57. The number of fused-ring (bicyclic) bond motifs is 1. The predicted octanol–water partition coefficient (Wildman–Crippen LogP) is 4.85. The van der Waals surface area contributed by atoms with Crippen molar-refractivity contribution in [3.8, 4) is 5.75 Å². The molecule has 0 saturated carbocycles. The van der Waals surface area contributed by atoms with Crippen molar-refractivity contribution in [1.29, 1.82) is 0 Å². The molecule has 1 aliphatic rings. The molecule has 1 heterocycles. The lowest BCUT2D eigenvalue weighted by molar-refractivity contribution is -0.122. The zero-order valence-corrected chi connectivity index (χ0v) is 18.8. The van der Waals surface area contributed by atoms with Gasteiger partial charge in [0.25, 0.3) is 5.91 Å². The summed E-state index contributed by atoms with van der Waals surface area (Å²) in [7, 11) is 1.61. The number of ether oxygens (including phenoxy) is 1. The first-order valence-corrected chi connectivity index (χ1v) is 11.0. The van der Waals surface area contributed by atoms with E-state index in [1.54, 1.807) is 12.0 Å². The minimum absolute atomic E-state index is 0.00374. The molecule has 0 radical (unpaired) electrons. The van der Waals surface area contributed by atoms with Crippen LogP contribution in [0.4, 0.5) is 5.69 Å². The van der Waals surface area contributed by atoms with Crippen LogP contribution in [0.15, 0.2) is 56.7 Å². The number of para-hydroxylation sites is 1. The highest BCUT2D eigenvalue weighted by Gasteiger charge is 2.30. The molecule has 2 aromatic rings. The second-order valence-corrected chi connectivity index (χ2v) is 8.51. The van der Waals surface area contributed by atoms with Gasteiger partial charge < -0.3 is 10.1 Å². The molecular weight excluding hydrogens is 452 g/mol. The zero-order valence-electron chi connectivity index (χ0n) is 16.4. The van der Waals surface area contributed by atoms with Gasteiger partial charge in [0.2, 0.25) is 5.91 Å². The van der Waals surface area contributed by atoms with Crippen LogP contribution in [0.1, 0.15) is 25.3 Å². The number of methoxy groups -OCH3 is 1. The monoisotopic (exact) mass is 474 g/mol. The van der Waals surface area contributed by atoms with Crippen LogP contribution in [0, 0.1) is 0 Å². The summed E-state index contributed by atoms with van der Waals surface area (Å²) in [5.41, 5.74) is 1.64. The van der Waals surface area contributed by atoms with Gasteiger partial charge in [-0.25, -0.2) is 0 Å². The van der Waals surface area contributed by atoms with Crippen LogP contribution in [0.5, 0.6) is 5.75 Å². The van der Waals surface area contributed by atoms with Crippen LogP contribution < -0.4 is 15.0 Å². The number of nitrogens with zero attached hydrogens (tertiary/aromatic N) is 1. The molecule has 0 aliphatic carbocycles. The number of unbranched alkanes of at least 4 members (excludes halogenated alkanes) is 1. The first-order valence-electron chi connectivity index (χ1n) is 9.44. The molecule has 0 atom stereocenters. The maximum absolute atomic E-state index is 13.2. The van der Waals surface area contributed by atoms with Gasteiger partial charge in [-0.15, -0.1) is 0 Å². The first-order chi connectivity index (χ1) is 14.0. The van der Waals surface area contributed by atoms with Gasteiger partial charge in [-0.05, 0) is 58.3 Å². The number of thioether (sulfide) groups is 1. The Morgan fingerprint density at radius 1 is 1.28 bits per heavy atom. The van der Waals surface area contributed by atoms with Crippen LogP contribution >= 0.6 is 27.7 Å². The molecule has 0 saturated heterocycles. The van der Waals surface area contributed by atoms with E-state index >= 15 is 0 Å². The van der Waals surface area contributed by atoms with Crippen molar-refractivity contribution in [2.45, 2.75) is 24.7 Å². The Labute approximate surface area is 183 Å². The molecule has 3 rings (SSSR count). The standard InChI is InChI=1S/C22H23BrN2O3S/c1-3-4-11-24-21(26)14-25-17-7-5-6-8-19(17)29-20(22(25)27)13-15-9-10-18(28-2)16(23)12-15/h5-10,12-13H,3-4,11,14H2,1-2H3,(H,24,26). The molecule has 7 heteroatoms. The maximum atomic E-state index is 13.2. The summed E-state index contributed by atoms with van der Waals surface area (Å²) >= 11 is 4.90. The van der Waals surface area contributed by atoms with Crippen molar-refractivity contribution >= 4 is 51.3 Å². The van der Waals surface area contributed by atoms with Crippen molar-refractivity contribution in [3.05, 3.63) is 57.4 Å². The number of carbonyl (C=O) groups is 2. The van der Waals surface area contributed by atoms with E-state index in [4.69, 9.17) is 4.74 Å². The fraction of sp³-hybridized carbons (Fsp3) is 0.273. The molecule has 0 unspecified atom stereocenters. The normalized spacial score (nSPS) is 14.7. The molecule has 1 N–H and O–H groups in total. The van der Waals surface area contributed by atoms with E-state index in [0.717, 1.165) is 39.2 Å². The Morgan fingerprint density at radius 2 is 2.07 bits per heavy atom. The van der Waals surface area contributed by atoms with E-state index in [1.807, 2.05) is 48.5 Å². The molecule has 152 valence electrons. The number of halogens is 1. The van der Waals surface area contributed by atoms with Gasteiger partial charge >= 0.3 is 0 Å². The number of amides is 2. The Morgan fingerprint density at radius 3 is 2.79 bits per heavy atom. The largest absolute Gasteiger partial charge is 0.496 e. The molecule has 5 nitrogen and oxygen atoms in total. The molecular formula is C22H23BrN2O3S. The van der Waals surface area contributed by atoms with Gasteiger partial charge in [0.05, 0.1) is 22.2 Å². The van der Waals surface area contributed by atoms with Gasteiger partial charge in [0.1, 0.15) is 12.3 Å². The predicted molar refractivity (Wildman–Crippen MR) is 121 cm³/mol. The zero-order chi connectivity index (χ0) is 20.8. The van der Waals surface area contributed by atoms with Gasteiger partial charge in [-0.3, -0.25) is 14.5 Å². The highest BCUT2D eigenvalue weighted by molar-refractivity contribution is 9.10. The van der Waals surface area contributed by atoms with Crippen LogP contribution in [-0.4, -0.2) is 32.0 Å². The summed E-state index contributed by atoms with van der Waals surface area (Å²) in [5, 5.41) is 2.89. The highest BCUT2D eigenvalue weighted by Crippen LogP contribution is 2.42. The number of hydrogen-bond donors (Lipinski definition) is 1. The third kappa shape index (κ3) is 5.22. The molecule has 0 bridgehead atoms. The van der Waals surface area contributed by atoms with Crippen molar-refractivity contribution in [2.24, 2.45) is 0 Å². The highest BCUT2D eigenvalue weighted by atomic mass is 79.9. The SMILES string of the molecule is CCCCNC(=O)CN1C(=O)C(=Cc2ccc(OC)c(Br)c2)Sc2ccccc21. The van der Waals surface area contributed by atoms with Crippen molar-refractivity contribution in [3.63, 3.8) is 0 Å². The Hall–Kier alpha value is -2.25. The van der Waals surface area contributed by atoms with E-state index in [2.05, 4.69) is 28.2 Å². The van der Waals surface area contributed by atoms with Gasteiger partial charge in [-0.2, -0.15) is 0 Å². The minimum Gasteiger partial charge on any atom is -0.496 e.